The maximum absolute atomic E-state index is 10.6. The normalized spacial score (nSPS) is 29.9. The van der Waals surface area contributed by atoms with E-state index in [4.69, 9.17) is 14.6 Å². The zero-order valence-electron chi connectivity index (χ0n) is 10.4. The first-order chi connectivity index (χ1) is 7.48. The van der Waals surface area contributed by atoms with Crippen molar-refractivity contribution in [2.45, 2.75) is 51.7 Å². The van der Waals surface area contributed by atoms with Crippen molar-refractivity contribution in [2.75, 3.05) is 13.2 Å². The fourth-order valence-corrected chi connectivity index (χ4v) is 1.78. The van der Waals surface area contributed by atoms with E-state index in [1.54, 1.807) is 0 Å². The highest BCUT2D eigenvalue weighted by Gasteiger charge is 2.51. The van der Waals surface area contributed by atoms with Gasteiger partial charge in [-0.05, 0) is 32.1 Å². The van der Waals surface area contributed by atoms with Gasteiger partial charge >= 0.3 is 5.97 Å². The molecule has 1 heterocycles. The van der Waals surface area contributed by atoms with E-state index in [1.807, 2.05) is 6.92 Å². The van der Waals surface area contributed by atoms with Crippen molar-refractivity contribution in [3.63, 3.8) is 0 Å². The number of carbonyl (C=O) groups is 1. The SMILES string of the molecule is CC(=O)OCC[C@H](C)CC[C@@H]1O[C@@]1(C)CO. The molecule has 0 saturated carbocycles. The summed E-state index contributed by atoms with van der Waals surface area (Å²) in [5.41, 5.74) is -0.296. The van der Waals surface area contributed by atoms with E-state index < -0.39 is 0 Å². The Kier molecular flexibility index (Phi) is 4.74. The Morgan fingerprint density at radius 2 is 2.25 bits per heavy atom. The second-order valence-electron chi connectivity index (χ2n) is 4.89. The summed E-state index contributed by atoms with van der Waals surface area (Å²) >= 11 is 0. The number of esters is 1. The molecule has 1 rings (SSSR count). The van der Waals surface area contributed by atoms with Crippen LogP contribution in [0.15, 0.2) is 0 Å². The summed E-state index contributed by atoms with van der Waals surface area (Å²) in [5, 5.41) is 9.02. The molecule has 0 aliphatic carbocycles. The van der Waals surface area contributed by atoms with Crippen LogP contribution in [0.3, 0.4) is 0 Å². The van der Waals surface area contributed by atoms with Crippen LogP contribution in [-0.2, 0) is 14.3 Å². The van der Waals surface area contributed by atoms with Crippen molar-refractivity contribution in [3.05, 3.63) is 0 Å². The molecular weight excluding hydrogens is 208 g/mol. The minimum absolute atomic E-state index is 0.0967. The molecule has 3 atom stereocenters. The molecule has 16 heavy (non-hydrogen) atoms. The van der Waals surface area contributed by atoms with Crippen molar-refractivity contribution >= 4 is 5.97 Å². The average Bonchev–Trinajstić information content (AvgIpc) is 2.87. The van der Waals surface area contributed by atoms with Gasteiger partial charge in [0, 0.05) is 6.92 Å². The van der Waals surface area contributed by atoms with Crippen LogP contribution < -0.4 is 0 Å². The van der Waals surface area contributed by atoms with E-state index in [-0.39, 0.29) is 24.3 Å². The first kappa shape index (κ1) is 13.5. The van der Waals surface area contributed by atoms with Gasteiger partial charge in [-0.3, -0.25) is 4.79 Å². The summed E-state index contributed by atoms with van der Waals surface area (Å²) < 4.78 is 10.3. The Morgan fingerprint density at radius 1 is 1.56 bits per heavy atom. The molecule has 0 spiro atoms. The van der Waals surface area contributed by atoms with Crippen LogP contribution in [-0.4, -0.2) is 36.0 Å². The van der Waals surface area contributed by atoms with Crippen molar-refractivity contribution in [1.82, 2.24) is 0 Å². The molecule has 1 fully saturated rings. The highest BCUT2D eigenvalue weighted by atomic mass is 16.6. The molecule has 0 aromatic rings. The molecule has 0 amide bonds. The van der Waals surface area contributed by atoms with Gasteiger partial charge in [0.2, 0.25) is 0 Å². The van der Waals surface area contributed by atoms with Gasteiger partial charge < -0.3 is 14.6 Å². The van der Waals surface area contributed by atoms with Gasteiger partial charge in [0.1, 0.15) is 5.60 Å². The molecule has 4 heteroatoms. The van der Waals surface area contributed by atoms with Gasteiger partial charge in [-0.15, -0.1) is 0 Å². The Morgan fingerprint density at radius 3 is 2.75 bits per heavy atom. The van der Waals surface area contributed by atoms with Gasteiger partial charge in [-0.2, -0.15) is 0 Å². The largest absolute Gasteiger partial charge is 0.466 e. The quantitative estimate of drug-likeness (QED) is 0.532. The van der Waals surface area contributed by atoms with Crippen molar-refractivity contribution in [1.29, 1.82) is 0 Å². The van der Waals surface area contributed by atoms with Crippen LogP contribution >= 0.6 is 0 Å². The van der Waals surface area contributed by atoms with Crippen LogP contribution in [0.2, 0.25) is 0 Å². The van der Waals surface area contributed by atoms with Crippen LogP contribution in [0.1, 0.15) is 40.0 Å². The maximum Gasteiger partial charge on any atom is 0.302 e. The summed E-state index contributed by atoms with van der Waals surface area (Å²) in [5.74, 6) is 0.303. The third kappa shape index (κ3) is 4.10. The third-order valence-corrected chi connectivity index (χ3v) is 3.19. The van der Waals surface area contributed by atoms with E-state index in [9.17, 15) is 4.79 Å². The van der Waals surface area contributed by atoms with Crippen molar-refractivity contribution in [3.8, 4) is 0 Å². The standard InChI is InChI=1S/C12H22O4/c1-9(6-7-15-10(2)14)4-5-11-12(3,8-13)16-11/h9,11,13H,4-8H2,1-3H3/t9-,11+,12+/m1/s1. The maximum atomic E-state index is 10.6. The number of aliphatic hydroxyl groups excluding tert-OH is 1. The highest BCUT2D eigenvalue weighted by molar-refractivity contribution is 5.65. The molecule has 1 N–H and O–H groups in total. The lowest BCUT2D eigenvalue weighted by molar-refractivity contribution is -0.141. The van der Waals surface area contributed by atoms with Gasteiger partial charge in [-0.1, -0.05) is 6.92 Å². The topological polar surface area (TPSA) is 59.1 Å². The van der Waals surface area contributed by atoms with Crippen molar-refractivity contribution < 1.29 is 19.4 Å². The van der Waals surface area contributed by atoms with E-state index >= 15 is 0 Å². The fraction of sp³-hybridized carbons (Fsp3) is 0.917. The summed E-state index contributed by atoms with van der Waals surface area (Å²) in [4.78, 5) is 10.6. The van der Waals surface area contributed by atoms with E-state index in [1.165, 1.54) is 6.92 Å². The Balaban J connectivity index is 2.03. The summed E-state index contributed by atoms with van der Waals surface area (Å²) in [7, 11) is 0. The smallest absolute Gasteiger partial charge is 0.302 e. The minimum Gasteiger partial charge on any atom is -0.466 e. The molecule has 1 saturated heterocycles. The van der Waals surface area contributed by atoms with Gasteiger partial charge in [-0.25, -0.2) is 0 Å². The lowest BCUT2D eigenvalue weighted by atomic mass is 9.97. The Bertz CT molecular complexity index is 241. The minimum atomic E-state index is -0.296. The Hall–Kier alpha value is -0.610. The second kappa shape index (κ2) is 5.64. The fourth-order valence-electron chi connectivity index (χ4n) is 1.78. The third-order valence-electron chi connectivity index (χ3n) is 3.19. The zero-order chi connectivity index (χ0) is 12.2. The van der Waals surface area contributed by atoms with E-state index in [0.29, 0.717) is 12.5 Å². The molecule has 0 aromatic heterocycles. The number of hydrogen-bond acceptors (Lipinski definition) is 4. The molecule has 0 bridgehead atoms. The van der Waals surface area contributed by atoms with Crippen LogP contribution in [0, 0.1) is 5.92 Å². The summed E-state index contributed by atoms with van der Waals surface area (Å²) in [6.07, 6.45) is 3.11. The molecule has 94 valence electrons. The van der Waals surface area contributed by atoms with Crippen LogP contribution in [0.25, 0.3) is 0 Å². The molecule has 4 nitrogen and oxygen atoms in total. The van der Waals surface area contributed by atoms with E-state index in [0.717, 1.165) is 19.3 Å². The number of epoxide rings is 1. The van der Waals surface area contributed by atoms with Crippen LogP contribution in [0.4, 0.5) is 0 Å². The number of hydrogen-bond donors (Lipinski definition) is 1. The lowest BCUT2D eigenvalue weighted by Crippen LogP contribution is -2.15. The predicted octanol–water partition coefficient (Wildman–Crippen LogP) is 1.51. The molecule has 0 aromatic carbocycles. The second-order valence-corrected chi connectivity index (χ2v) is 4.89. The lowest BCUT2D eigenvalue weighted by Gasteiger charge is -2.10. The van der Waals surface area contributed by atoms with Gasteiger partial charge in [0.15, 0.2) is 0 Å². The van der Waals surface area contributed by atoms with Crippen molar-refractivity contribution in [2.24, 2.45) is 5.92 Å². The number of carbonyl (C=O) groups excluding carboxylic acids is 1. The molecule has 1 aliphatic heterocycles. The number of aliphatic hydroxyl groups is 1. The first-order valence-corrected chi connectivity index (χ1v) is 5.90. The molecular formula is C12H22O4. The molecule has 1 aliphatic rings. The highest BCUT2D eigenvalue weighted by Crippen LogP contribution is 2.39. The van der Waals surface area contributed by atoms with Gasteiger partial charge in [0.05, 0.1) is 19.3 Å². The predicted molar refractivity (Wildman–Crippen MR) is 60.0 cm³/mol. The first-order valence-electron chi connectivity index (χ1n) is 5.90. The monoisotopic (exact) mass is 230 g/mol. The number of rotatable bonds is 7. The average molecular weight is 230 g/mol. The summed E-state index contributed by atoms with van der Waals surface area (Å²) in [6.45, 7) is 6.09. The zero-order valence-corrected chi connectivity index (χ0v) is 10.4. The van der Waals surface area contributed by atoms with Crippen LogP contribution in [0.5, 0.6) is 0 Å². The summed E-state index contributed by atoms with van der Waals surface area (Å²) in [6, 6.07) is 0. The van der Waals surface area contributed by atoms with Gasteiger partial charge in [0.25, 0.3) is 0 Å². The molecule has 0 radical (unpaired) electrons. The van der Waals surface area contributed by atoms with E-state index in [2.05, 4.69) is 6.92 Å². The number of ether oxygens (including phenoxy) is 2. The Labute approximate surface area is 96.9 Å². The molecule has 0 unspecified atom stereocenters.